The summed E-state index contributed by atoms with van der Waals surface area (Å²) in [5, 5.41) is 15.3. The third-order valence-electron chi connectivity index (χ3n) is 5.89. The molecule has 3 amide bonds. The highest BCUT2D eigenvalue weighted by molar-refractivity contribution is 7.10. The second-order valence-electron chi connectivity index (χ2n) is 9.10. The molecule has 1 spiro atoms. The molecule has 1 aromatic heterocycles. The molecule has 0 unspecified atom stereocenters. The monoisotopic (exact) mass is 428 g/mol. The standard InChI is InChI=1S/C23H28N2O4S/c1-22(2,3)15-6-8-17(9-7-15)29-14-16(26)13-25-20(27)23(24-21(25)28)11-4-5-19-18(23)10-12-30-19/h6-10,12,16,26H,4-5,11,13-14H2,1-3H3,(H,24,28)/t16-,23+/m1/s1. The van der Waals surface area contributed by atoms with E-state index < -0.39 is 17.7 Å². The molecule has 1 aliphatic heterocycles. The quantitative estimate of drug-likeness (QED) is 0.714. The first-order valence-corrected chi connectivity index (χ1v) is 11.2. The number of aryl methyl sites for hydroxylation is 1. The number of rotatable bonds is 5. The van der Waals surface area contributed by atoms with E-state index in [1.54, 1.807) is 11.3 Å². The van der Waals surface area contributed by atoms with Crippen molar-refractivity contribution >= 4 is 23.3 Å². The predicted molar refractivity (Wildman–Crippen MR) is 116 cm³/mol. The molecule has 0 saturated carbocycles. The molecule has 2 heterocycles. The fourth-order valence-corrected chi connectivity index (χ4v) is 5.21. The number of aliphatic hydroxyl groups is 1. The summed E-state index contributed by atoms with van der Waals surface area (Å²) in [6.07, 6.45) is 1.40. The lowest BCUT2D eigenvalue weighted by molar-refractivity contribution is -0.133. The van der Waals surface area contributed by atoms with Gasteiger partial charge < -0.3 is 15.2 Å². The number of amides is 3. The van der Waals surface area contributed by atoms with Gasteiger partial charge in [-0.15, -0.1) is 11.3 Å². The molecule has 1 aromatic carbocycles. The van der Waals surface area contributed by atoms with Crippen molar-refractivity contribution in [3.8, 4) is 5.75 Å². The van der Waals surface area contributed by atoms with E-state index in [2.05, 4.69) is 26.1 Å². The Kier molecular flexibility index (Phi) is 5.36. The Morgan fingerprint density at radius 1 is 1.23 bits per heavy atom. The number of β-amino-alcohol motifs (C(OH)–C–C–N with tert-alkyl or cyclic N) is 1. The van der Waals surface area contributed by atoms with Gasteiger partial charge in [0.2, 0.25) is 0 Å². The van der Waals surface area contributed by atoms with Crippen molar-refractivity contribution < 1.29 is 19.4 Å². The third kappa shape index (κ3) is 3.72. The number of urea groups is 1. The van der Waals surface area contributed by atoms with E-state index in [-0.39, 0.29) is 24.5 Å². The number of nitrogens with zero attached hydrogens (tertiary/aromatic N) is 1. The first kappa shape index (κ1) is 20.9. The van der Waals surface area contributed by atoms with Crippen LogP contribution in [0.3, 0.4) is 0 Å². The Balaban J connectivity index is 1.39. The number of carbonyl (C=O) groups is 2. The molecular weight excluding hydrogens is 400 g/mol. The van der Waals surface area contributed by atoms with Crippen LogP contribution in [0.5, 0.6) is 5.75 Å². The number of thiophene rings is 1. The number of imide groups is 1. The van der Waals surface area contributed by atoms with Gasteiger partial charge in [-0.25, -0.2) is 4.79 Å². The zero-order valence-corrected chi connectivity index (χ0v) is 18.4. The van der Waals surface area contributed by atoms with Gasteiger partial charge in [0, 0.05) is 10.4 Å². The summed E-state index contributed by atoms with van der Waals surface area (Å²) in [6, 6.07) is 9.23. The van der Waals surface area contributed by atoms with Crippen LogP contribution in [0.15, 0.2) is 35.7 Å². The van der Waals surface area contributed by atoms with E-state index in [0.717, 1.165) is 28.2 Å². The Labute approximate surface area is 180 Å². The first-order chi connectivity index (χ1) is 14.2. The van der Waals surface area contributed by atoms with Crippen LogP contribution in [0.1, 0.15) is 49.6 Å². The minimum atomic E-state index is -0.978. The fourth-order valence-electron chi connectivity index (χ4n) is 4.21. The molecule has 160 valence electrons. The van der Waals surface area contributed by atoms with Crippen LogP contribution >= 0.6 is 11.3 Å². The molecule has 6 nitrogen and oxygen atoms in total. The number of nitrogens with one attached hydrogen (secondary N) is 1. The Morgan fingerprint density at radius 2 is 1.97 bits per heavy atom. The van der Waals surface area contributed by atoms with Crippen molar-refractivity contribution in [2.24, 2.45) is 0 Å². The van der Waals surface area contributed by atoms with E-state index >= 15 is 0 Å². The maximum absolute atomic E-state index is 13.2. The Morgan fingerprint density at radius 3 is 2.67 bits per heavy atom. The van der Waals surface area contributed by atoms with Gasteiger partial charge in [-0.05, 0) is 53.8 Å². The summed E-state index contributed by atoms with van der Waals surface area (Å²) in [7, 11) is 0. The lowest BCUT2D eigenvalue weighted by atomic mass is 9.80. The number of fused-ring (bicyclic) bond motifs is 2. The van der Waals surface area contributed by atoms with Crippen LogP contribution in [0.25, 0.3) is 0 Å². The summed E-state index contributed by atoms with van der Waals surface area (Å²) in [5.41, 5.74) is 1.18. The van der Waals surface area contributed by atoms with Gasteiger partial charge in [0.1, 0.15) is 24.0 Å². The maximum atomic E-state index is 13.2. The second-order valence-corrected chi connectivity index (χ2v) is 10.1. The summed E-state index contributed by atoms with van der Waals surface area (Å²) in [5.74, 6) is 0.367. The van der Waals surface area contributed by atoms with E-state index in [1.165, 1.54) is 5.56 Å². The summed E-state index contributed by atoms with van der Waals surface area (Å²) < 4.78 is 5.68. The highest BCUT2D eigenvalue weighted by Gasteiger charge is 2.54. The molecule has 0 radical (unpaired) electrons. The summed E-state index contributed by atoms with van der Waals surface area (Å²) in [4.78, 5) is 28.0. The molecule has 1 saturated heterocycles. The molecule has 4 rings (SSSR count). The average molecular weight is 429 g/mol. The highest BCUT2D eigenvalue weighted by atomic mass is 32.1. The fraction of sp³-hybridized carbons (Fsp3) is 0.478. The van der Waals surface area contributed by atoms with Crippen molar-refractivity contribution in [3.05, 3.63) is 51.7 Å². The van der Waals surface area contributed by atoms with Gasteiger partial charge in [-0.3, -0.25) is 9.69 Å². The Bertz CT molecular complexity index is 947. The molecule has 7 heteroatoms. The van der Waals surface area contributed by atoms with Crippen LogP contribution in [-0.2, 0) is 22.2 Å². The predicted octanol–water partition coefficient (Wildman–Crippen LogP) is 3.57. The molecule has 30 heavy (non-hydrogen) atoms. The SMILES string of the molecule is CC(C)(C)c1ccc(OC[C@H](O)CN2C(=O)N[C@]3(CCCc4sccc43)C2=O)cc1. The van der Waals surface area contributed by atoms with Crippen LogP contribution in [0, 0.1) is 0 Å². The van der Waals surface area contributed by atoms with E-state index in [1.807, 2.05) is 35.7 Å². The number of hydrogen-bond donors (Lipinski definition) is 2. The van der Waals surface area contributed by atoms with Crippen LogP contribution < -0.4 is 10.1 Å². The minimum Gasteiger partial charge on any atom is -0.491 e. The highest BCUT2D eigenvalue weighted by Crippen LogP contribution is 2.42. The number of hydrogen-bond acceptors (Lipinski definition) is 5. The van der Waals surface area contributed by atoms with Crippen LogP contribution in [0.4, 0.5) is 4.79 Å². The molecular formula is C23H28N2O4S. The molecule has 2 atom stereocenters. The summed E-state index contributed by atoms with van der Waals surface area (Å²) >= 11 is 1.62. The number of aliphatic hydroxyl groups excluding tert-OH is 1. The zero-order chi connectivity index (χ0) is 21.5. The molecule has 1 fully saturated rings. The van der Waals surface area contributed by atoms with Gasteiger partial charge in [0.05, 0.1) is 6.54 Å². The molecule has 2 aromatic rings. The van der Waals surface area contributed by atoms with E-state index in [0.29, 0.717) is 12.2 Å². The normalized spacial score (nSPS) is 22.2. The van der Waals surface area contributed by atoms with Crippen molar-refractivity contribution in [2.75, 3.05) is 13.2 Å². The third-order valence-corrected chi connectivity index (χ3v) is 6.87. The smallest absolute Gasteiger partial charge is 0.325 e. The van der Waals surface area contributed by atoms with E-state index in [9.17, 15) is 14.7 Å². The summed E-state index contributed by atoms with van der Waals surface area (Å²) in [6.45, 7) is 6.34. The van der Waals surface area contributed by atoms with Gasteiger partial charge in [0.15, 0.2) is 0 Å². The number of carbonyl (C=O) groups excluding carboxylic acids is 2. The van der Waals surface area contributed by atoms with Crippen LogP contribution in [-0.4, -0.2) is 41.2 Å². The lowest BCUT2D eigenvalue weighted by Gasteiger charge is -2.31. The van der Waals surface area contributed by atoms with Crippen molar-refractivity contribution in [2.45, 2.75) is 57.1 Å². The van der Waals surface area contributed by atoms with Gasteiger partial charge in [-0.2, -0.15) is 0 Å². The average Bonchev–Trinajstić information content (AvgIpc) is 3.27. The largest absolute Gasteiger partial charge is 0.491 e. The van der Waals surface area contributed by atoms with Gasteiger partial charge in [0.25, 0.3) is 5.91 Å². The maximum Gasteiger partial charge on any atom is 0.325 e. The van der Waals surface area contributed by atoms with Crippen molar-refractivity contribution in [1.82, 2.24) is 10.2 Å². The second kappa shape index (κ2) is 7.71. The molecule has 2 aliphatic rings. The minimum absolute atomic E-state index is 0.00260. The van der Waals surface area contributed by atoms with E-state index in [4.69, 9.17) is 4.74 Å². The molecule has 1 aliphatic carbocycles. The van der Waals surface area contributed by atoms with Crippen LogP contribution in [0.2, 0.25) is 0 Å². The first-order valence-electron chi connectivity index (χ1n) is 10.3. The Hall–Kier alpha value is -2.38. The zero-order valence-electron chi connectivity index (χ0n) is 17.6. The topological polar surface area (TPSA) is 78.9 Å². The van der Waals surface area contributed by atoms with Gasteiger partial charge >= 0.3 is 6.03 Å². The molecule has 2 N–H and O–H groups in total. The number of ether oxygens (including phenoxy) is 1. The molecule has 0 bridgehead atoms. The lowest BCUT2D eigenvalue weighted by Crippen LogP contribution is -2.46. The van der Waals surface area contributed by atoms with Gasteiger partial charge in [-0.1, -0.05) is 32.9 Å². The number of benzene rings is 1. The van der Waals surface area contributed by atoms with Crippen molar-refractivity contribution in [1.29, 1.82) is 0 Å². The van der Waals surface area contributed by atoms with Crippen molar-refractivity contribution in [3.63, 3.8) is 0 Å².